The fourth-order valence-corrected chi connectivity index (χ4v) is 3.19. The zero-order chi connectivity index (χ0) is 18.7. The van der Waals surface area contributed by atoms with Gasteiger partial charge in [-0.3, -0.25) is 9.78 Å². The normalized spacial score (nSPS) is 20.3. The molecule has 1 saturated carbocycles. The van der Waals surface area contributed by atoms with Crippen LogP contribution in [0.25, 0.3) is 0 Å². The molecule has 2 heterocycles. The molecule has 1 amide bonds. The van der Waals surface area contributed by atoms with E-state index in [1.807, 2.05) is 6.07 Å². The van der Waals surface area contributed by atoms with Gasteiger partial charge < -0.3 is 24.4 Å². The van der Waals surface area contributed by atoms with Gasteiger partial charge in [-0.05, 0) is 37.3 Å². The predicted octanol–water partition coefficient (Wildman–Crippen LogP) is 1.78. The largest absolute Gasteiger partial charge is 0.495 e. The second kappa shape index (κ2) is 7.84. The molecule has 0 saturated heterocycles. The SMILES string of the molecule is COCc1c(C(=O)N[C@H](c2cncc(OC)c2)C2CC(O)C2)noc1C. The minimum absolute atomic E-state index is 0.113. The van der Waals surface area contributed by atoms with Crippen LogP contribution in [0.5, 0.6) is 5.75 Å². The number of ether oxygens (including phenoxy) is 2. The number of rotatable bonds is 7. The first-order valence-corrected chi connectivity index (χ1v) is 8.45. The van der Waals surface area contributed by atoms with E-state index in [1.54, 1.807) is 33.5 Å². The Hall–Kier alpha value is -2.45. The van der Waals surface area contributed by atoms with Crippen LogP contribution in [0.2, 0.25) is 0 Å². The molecule has 2 aromatic heterocycles. The van der Waals surface area contributed by atoms with Crippen LogP contribution in [-0.4, -0.2) is 41.5 Å². The molecule has 2 aromatic rings. The minimum Gasteiger partial charge on any atom is -0.495 e. The van der Waals surface area contributed by atoms with Crippen LogP contribution < -0.4 is 10.1 Å². The summed E-state index contributed by atoms with van der Waals surface area (Å²) in [7, 11) is 3.12. The van der Waals surface area contributed by atoms with E-state index >= 15 is 0 Å². The van der Waals surface area contributed by atoms with Gasteiger partial charge in [-0.25, -0.2) is 0 Å². The maximum absolute atomic E-state index is 12.8. The lowest BCUT2D eigenvalue weighted by Crippen LogP contribution is -2.41. The van der Waals surface area contributed by atoms with E-state index in [0.717, 1.165) is 5.56 Å². The molecule has 0 bridgehead atoms. The Morgan fingerprint density at radius 1 is 1.42 bits per heavy atom. The Bertz CT molecular complexity index is 770. The molecule has 0 spiro atoms. The number of carbonyl (C=O) groups is 1. The first-order valence-electron chi connectivity index (χ1n) is 8.45. The van der Waals surface area contributed by atoms with E-state index in [1.165, 1.54) is 0 Å². The van der Waals surface area contributed by atoms with E-state index in [9.17, 15) is 9.90 Å². The third-order valence-corrected chi connectivity index (χ3v) is 4.73. The number of aliphatic hydroxyl groups is 1. The summed E-state index contributed by atoms with van der Waals surface area (Å²) in [5.41, 5.74) is 1.66. The standard InChI is InChI=1S/C18H23N3O5/c1-10-15(9-24-2)17(21-26-10)18(23)20-16(11-4-13(22)5-11)12-6-14(25-3)8-19-7-12/h6-8,11,13,16,22H,4-5,9H2,1-3H3,(H,20,23)/t11?,13?,16-/m0/s1. The number of methoxy groups -OCH3 is 2. The maximum Gasteiger partial charge on any atom is 0.274 e. The van der Waals surface area contributed by atoms with Gasteiger partial charge in [0.1, 0.15) is 11.5 Å². The molecular formula is C18H23N3O5. The van der Waals surface area contributed by atoms with Crippen LogP contribution in [0, 0.1) is 12.8 Å². The van der Waals surface area contributed by atoms with E-state index in [4.69, 9.17) is 14.0 Å². The van der Waals surface area contributed by atoms with Crippen LogP contribution in [0.3, 0.4) is 0 Å². The van der Waals surface area contributed by atoms with Crippen LogP contribution in [-0.2, 0) is 11.3 Å². The summed E-state index contributed by atoms with van der Waals surface area (Å²) in [4.78, 5) is 17.0. The zero-order valence-corrected chi connectivity index (χ0v) is 15.1. The van der Waals surface area contributed by atoms with E-state index < -0.39 is 0 Å². The van der Waals surface area contributed by atoms with Crippen molar-refractivity contribution in [1.29, 1.82) is 0 Å². The Morgan fingerprint density at radius 2 is 2.19 bits per heavy atom. The summed E-state index contributed by atoms with van der Waals surface area (Å²) >= 11 is 0. The third kappa shape index (κ3) is 3.71. The van der Waals surface area contributed by atoms with E-state index in [0.29, 0.717) is 29.9 Å². The van der Waals surface area contributed by atoms with Crippen molar-refractivity contribution in [2.45, 2.75) is 38.5 Å². The van der Waals surface area contributed by atoms with Crippen LogP contribution >= 0.6 is 0 Å². The molecule has 2 N–H and O–H groups in total. The molecule has 1 atom stereocenters. The Kier molecular flexibility index (Phi) is 5.53. The summed E-state index contributed by atoms with van der Waals surface area (Å²) in [5, 5.41) is 16.6. The maximum atomic E-state index is 12.8. The molecule has 1 aliphatic rings. The number of nitrogens with one attached hydrogen (secondary N) is 1. The summed E-state index contributed by atoms with van der Waals surface area (Å²) in [6.45, 7) is 1.98. The molecule has 26 heavy (non-hydrogen) atoms. The van der Waals surface area contributed by atoms with Crippen molar-refractivity contribution in [1.82, 2.24) is 15.5 Å². The Morgan fingerprint density at radius 3 is 2.85 bits per heavy atom. The predicted molar refractivity (Wildman–Crippen MR) is 91.7 cm³/mol. The monoisotopic (exact) mass is 361 g/mol. The summed E-state index contributed by atoms with van der Waals surface area (Å²) in [5.74, 6) is 0.930. The third-order valence-electron chi connectivity index (χ3n) is 4.73. The fourth-order valence-electron chi connectivity index (χ4n) is 3.19. The minimum atomic E-state index is -0.344. The molecule has 3 rings (SSSR count). The van der Waals surface area contributed by atoms with Gasteiger partial charge in [0.2, 0.25) is 0 Å². The highest BCUT2D eigenvalue weighted by atomic mass is 16.5. The molecule has 0 unspecified atom stereocenters. The van der Waals surface area contributed by atoms with Gasteiger partial charge >= 0.3 is 0 Å². The molecule has 1 fully saturated rings. The van der Waals surface area contributed by atoms with Crippen LogP contribution in [0.4, 0.5) is 0 Å². The quantitative estimate of drug-likeness (QED) is 0.774. The number of hydrogen-bond donors (Lipinski definition) is 2. The summed E-state index contributed by atoms with van der Waals surface area (Å²) in [6, 6.07) is 1.54. The average molecular weight is 361 g/mol. The topological polar surface area (TPSA) is 107 Å². The number of carbonyl (C=O) groups excluding carboxylic acids is 1. The molecule has 8 nitrogen and oxygen atoms in total. The van der Waals surface area contributed by atoms with Crippen molar-refractivity contribution in [3.63, 3.8) is 0 Å². The first kappa shape index (κ1) is 18.3. The van der Waals surface area contributed by atoms with Crippen molar-refractivity contribution in [3.8, 4) is 5.75 Å². The first-order chi connectivity index (χ1) is 12.5. The fraction of sp³-hybridized carbons (Fsp3) is 0.500. The second-order valence-corrected chi connectivity index (χ2v) is 6.49. The summed E-state index contributed by atoms with van der Waals surface area (Å²) < 4.78 is 15.5. The Balaban J connectivity index is 1.85. The van der Waals surface area contributed by atoms with Crippen molar-refractivity contribution < 1.29 is 23.9 Å². The van der Waals surface area contributed by atoms with Crippen LogP contribution in [0.1, 0.15) is 46.3 Å². The molecule has 0 radical (unpaired) electrons. The van der Waals surface area contributed by atoms with Crippen molar-refractivity contribution in [2.24, 2.45) is 5.92 Å². The van der Waals surface area contributed by atoms with E-state index in [2.05, 4.69) is 15.5 Å². The number of nitrogens with zero attached hydrogens (tertiary/aromatic N) is 2. The highest BCUT2D eigenvalue weighted by molar-refractivity contribution is 5.94. The van der Waals surface area contributed by atoms with Gasteiger partial charge in [0.25, 0.3) is 5.91 Å². The van der Waals surface area contributed by atoms with Crippen molar-refractivity contribution in [2.75, 3.05) is 14.2 Å². The van der Waals surface area contributed by atoms with Crippen LogP contribution in [0.15, 0.2) is 23.0 Å². The molecule has 0 aromatic carbocycles. The van der Waals surface area contributed by atoms with Crippen molar-refractivity contribution >= 4 is 5.91 Å². The van der Waals surface area contributed by atoms with Gasteiger partial charge in [0.05, 0.1) is 37.6 Å². The van der Waals surface area contributed by atoms with Gasteiger partial charge in [0, 0.05) is 13.3 Å². The highest BCUT2D eigenvalue weighted by Crippen LogP contribution is 2.38. The average Bonchev–Trinajstić information content (AvgIpc) is 2.98. The lowest BCUT2D eigenvalue weighted by atomic mass is 9.75. The van der Waals surface area contributed by atoms with Gasteiger partial charge in [-0.1, -0.05) is 5.16 Å². The lowest BCUT2D eigenvalue weighted by Gasteiger charge is -2.38. The molecular weight excluding hydrogens is 338 g/mol. The molecule has 0 aliphatic heterocycles. The zero-order valence-electron chi connectivity index (χ0n) is 15.1. The van der Waals surface area contributed by atoms with Gasteiger partial charge in [-0.2, -0.15) is 0 Å². The lowest BCUT2D eigenvalue weighted by molar-refractivity contribution is 0.0233. The smallest absolute Gasteiger partial charge is 0.274 e. The molecule has 1 aliphatic carbocycles. The molecule has 140 valence electrons. The second-order valence-electron chi connectivity index (χ2n) is 6.49. The Labute approximate surface area is 151 Å². The van der Waals surface area contributed by atoms with E-state index in [-0.39, 0.29) is 36.3 Å². The highest BCUT2D eigenvalue weighted by Gasteiger charge is 2.37. The number of aryl methyl sites for hydroxylation is 1. The number of pyridine rings is 1. The summed E-state index contributed by atoms with van der Waals surface area (Å²) in [6.07, 6.45) is 4.20. The number of aromatic nitrogens is 2. The number of hydrogen-bond acceptors (Lipinski definition) is 7. The van der Waals surface area contributed by atoms with Gasteiger partial charge in [0.15, 0.2) is 5.69 Å². The molecule has 8 heteroatoms. The van der Waals surface area contributed by atoms with Gasteiger partial charge in [-0.15, -0.1) is 0 Å². The number of aliphatic hydroxyl groups excluding tert-OH is 1. The van der Waals surface area contributed by atoms with Crippen molar-refractivity contribution in [3.05, 3.63) is 41.0 Å². The number of amides is 1.